The number of aromatic nitrogens is 2. The van der Waals surface area contributed by atoms with Crippen LogP contribution in [0.3, 0.4) is 0 Å². The quantitative estimate of drug-likeness (QED) is 0.851. The monoisotopic (exact) mass is 225 g/mol. The molecule has 1 aromatic heterocycles. The summed E-state index contributed by atoms with van der Waals surface area (Å²) in [5.74, 6) is -0.363. The summed E-state index contributed by atoms with van der Waals surface area (Å²) in [6.45, 7) is 0.317. The highest BCUT2D eigenvalue weighted by molar-refractivity contribution is 6.30. The summed E-state index contributed by atoms with van der Waals surface area (Å²) in [6, 6.07) is 4.78. The molecule has 78 valence electrons. The highest BCUT2D eigenvalue weighted by Gasteiger charge is 2.06. The van der Waals surface area contributed by atoms with E-state index in [0.717, 1.165) is 5.56 Å². The van der Waals surface area contributed by atoms with Gasteiger partial charge in [0.25, 0.3) is 0 Å². The topological polar surface area (TPSA) is 43.8 Å². The van der Waals surface area contributed by atoms with Crippen LogP contribution >= 0.6 is 11.6 Å². The Balaban J connectivity index is 2.45. The first-order chi connectivity index (χ1) is 7.20. The lowest BCUT2D eigenvalue weighted by molar-refractivity contribution is 0.608. The molecule has 2 rings (SSSR count). The molecule has 0 saturated carbocycles. The molecule has 0 aliphatic carbocycles. The number of nitrogens with zero attached hydrogens (tertiary/aromatic N) is 2. The van der Waals surface area contributed by atoms with Crippen LogP contribution in [0.5, 0.6) is 0 Å². The minimum Gasteiger partial charge on any atom is -0.326 e. The van der Waals surface area contributed by atoms with Gasteiger partial charge in [0.1, 0.15) is 11.5 Å². The van der Waals surface area contributed by atoms with Crippen LogP contribution in [-0.4, -0.2) is 9.78 Å². The van der Waals surface area contributed by atoms with E-state index in [0.29, 0.717) is 17.3 Å². The molecular weight excluding hydrogens is 217 g/mol. The van der Waals surface area contributed by atoms with Crippen LogP contribution in [0, 0.1) is 5.82 Å². The molecule has 0 amide bonds. The van der Waals surface area contributed by atoms with Crippen molar-refractivity contribution < 1.29 is 4.39 Å². The predicted molar refractivity (Wildman–Crippen MR) is 56.4 cm³/mol. The first-order valence-electron chi connectivity index (χ1n) is 4.40. The number of nitrogens with two attached hydrogens (primary N) is 1. The number of hydrogen-bond donors (Lipinski definition) is 1. The molecule has 15 heavy (non-hydrogen) atoms. The minimum atomic E-state index is -0.363. The predicted octanol–water partition coefficient (Wildman–Crippen LogP) is 2.12. The average molecular weight is 226 g/mol. The van der Waals surface area contributed by atoms with Crippen LogP contribution in [0.4, 0.5) is 4.39 Å². The molecule has 3 nitrogen and oxygen atoms in total. The maximum Gasteiger partial charge on any atom is 0.149 e. The lowest BCUT2D eigenvalue weighted by atomic mass is 10.2. The van der Waals surface area contributed by atoms with Gasteiger partial charge in [-0.15, -0.1) is 0 Å². The minimum absolute atomic E-state index is 0.317. The van der Waals surface area contributed by atoms with E-state index >= 15 is 0 Å². The van der Waals surface area contributed by atoms with Crippen LogP contribution in [0.25, 0.3) is 5.69 Å². The van der Waals surface area contributed by atoms with Crippen LogP contribution in [0.15, 0.2) is 30.6 Å². The molecular formula is C10H9ClFN3. The Morgan fingerprint density at radius 1 is 1.47 bits per heavy atom. The molecule has 0 radical (unpaired) electrons. The highest BCUT2D eigenvalue weighted by atomic mass is 35.5. The fourth-order valence-corrected chi connectivity index (χ4v) is 1.43. The van der Waals surface area contributed by atoms with E-state index in [9.17, 15) is 4.39 Å². The molecule has 0 unspecified atom stereocenters. The van der Waals surface area contributed by atoms with Gasteiger partial charge < -0.3 is 5.73 Å². The maximum absolute atomic E-state index is 13.6. The summed E-state index contributed by atoms with van der Waals surface area (Å²) in [6.07, 6.45) is 3.00. The summed E-state index contributed by atoms with van der Waals surface area (Å²) < 4.78 is 15.0. The molecule has 2 N–H and O–H groups in total. The molecule has 0 aliphatic heterocycles. The molecule has 0 spiro atoms. The van der Waals surface area contributed by atoms with Crippen LogP contribution < -0.4 is 5.73 Å². The van der Waals surface area contributed by atoms with Crippen molar-refractivity contribution in [3.8, 4) is 5.69 Å². The second kappa shape index (κ2) is 4.00. The Bertz CT molecular complexity index is 481. The van der Waals surface area contributed by atoms with Gasteiger partial charge >= 0.3 is 0 Å². The molecule has 0 atom stereocenters. The Labute approximate surface area is 91.3 Å². The number of rotatable bonds is 2. The fraction of sp³-hybridized carbons (Fsp3) is 0.100. The van der Waals surface area contributed by atoms with Crippen molar-refractivity contribution in [2.24, 2.45) is 5.73 Å². The first kappa shape index (κ1) is 10.1. The summed E-state index contributed by atoms with van der Waals surface area (Å²) >= 11 is 5.70. The van der Waals surface area contributed by atoms with Gasteiger partial charge in [0, 0.05) is 12.7 Å². The van der Waals surface area contributed by atoms with Gasteiger partial charge in [0.05, 0.1) is 11.2 Å². The van der Waals surface area contributed by atoms with Crippen molar-refractivity contribution in [1.29, 1.82) is 0 Å². The van der Waals surface area contributed by atoms with Gasteiger partial charge in [0.15, 0.2) is 0 Å². The van der Waals surface area contributed by atoms with Crippen LogP contribution in [0.1, 0.15) is 5.56 Å². The van der Waals surface area contributed by atoms with E-state index < -0.39 is 0 Å². The standard InChI is InChI=1S/C10H9ClFN3/c11-8-5-14-15(6-8)10-2-1-7(4-13)3-9(10)12/h1-3,5-6H,4,13H2. The first-order valence-corrected chi connectivity index (χ1v) is 4.77. The smallest absolute Gasteiger partial charge is 0.149 e. The average Bonchev–Trinajstić information content (AvgIpc) is 2.64. The van der Waals surface area contributed by atoms with Gasteiger partial charge in [0.2, 0.25) is 0 Å². The molecule has 0 saturated heterocycles. The third kappa shape index (κ3) is 2.00. The van der Waals surface area contributed by atoms with Crippen molar-refractivity contribution >= 4 is 11.6 Å². The summed E-state index contributed by atoms with van der Waals surface area (Å²) in [7, 11) is 0. The van der Waals surface area contributed by atoms with Gasteiger partial charge in [-0.3, -0.25) is 0 Å². The Morgan fingerprint density at radius 3 is 2.80 bits per heavy atom. The zero-order valence-corrected chi connectivity index (χ0v) is 8.58. The summed E-state index contributed by atoms with van der Waals surface area (Å²) in [4.78, 5) is 0. The molecule has 0 aliphatic rings. The van der Waals surface area contributed by atoms with Gasteiger partial charge in [-0.2, -0.15) is 5.10 Å². The van der Waals surface area contributed by atoms with E-state index in [4.69, 9.17) is 17.3 Å². The molecule has 1 aromatic carbocycles. The van der Waals surface area contributed by atoms with E-state index in [1.807, 2.05) is 0 Å². The lowest BCUT2D eigenvalue weighted by Gasteiger charge is -2.04. The van der Waals surface area contributed by atoms with Crippen molar-refractivity contribution in [2.75, 3.05) is 0 Å². The van der Waals surface area contributed by atoms with E-state index in [2.05, 4.69) is 5.10 Å². The Hall–Kier alpha value is -1.39. The molecule has 2 aromatic rings. The fourth-order valence-electron chi connectivity index (χ4n) is 1.30. The van der Waals surface area contributed by atoms with Crippen LogP contribution in [0.2, 0.25) is 5.02 Å². The Kier molecular flexibility index (Phi) is 2.70. The zero-order chi connectivity index (χ0) is 10.8. The van der Waals surface area contributed by atoms with Crippen molar-refractivity contribution in [2.45, 2.75) is 6.54 Å². The number of halogens is 2. The summed E-state index contributed by atoms with van der Waals surface area (Å²) in [5, 5.41) is 4.39. The highest BCUT2D eigenvalue weighted by Crippen LogP contribution is 2.16. The third-order valence-electron chi connectivity index (χ3n) is 2.05. The van der Waals surface area contributed by atoms with Crippen molar-refractivity contribution in [3.63, 3.8) is 0 Å². The molecule has 5 heteroatoms. The van der Waals surface area contributed by atoms with E-state index in [-0.39, 0.29) is 5.82 Å². The van der Waals surface area contributed by atoms with Gasteiger partial charge in [-0.25, -0.2) is 9.07 Å². The normalized spacial score (nSPS) is 10.6. The second-order valence-corrected chi connectivity index (χ2v) is 3.53. The molecule has 0 bridgehead atoms. The van der Waals surface area contributed by atoms with Crippen molar-refractivity contribution in [1.82, 2.24) is 9.78 Å². The maximum atomic E-state index is 13.6. The van der Waals surface area contributed by atoms with Gasteiger partial charge in [-0.05, 0) is 17.7 Å². The summed E-state index contributed by atoms with van der Waals surface area (Å²) in [5.41, 5.74) is 6.51. The second-order valence-electron chi connectivity index (χ2n) is 3.09. The van der Waals surface area contributed by atoms with Gasteiger partial charge in [-0.1, -0.05) is 17.7 Å². The number of benzene rings is 1. The lowest BCUT2D eigenvalue weighted by Crippen LogP contribution is -2.01. The third-order valence-corrected chi connectivity index (χ3v) is 2.24. The molecule has 0 fully saturated rings. The zero-order valence-electron chi connectivity index (χ0n) is 7.82. The largest absolute Gasteiger partial charge is 0.326 e. The van der Waals surface area contributed by atoms with Crippen LogP contribution in [-0.2, 0) is 6.54 Å². The van der Waals surface area contributed by atoms with E-state index in [1.165, 1.54) is 16.9 Å². The SMILES string of the molecule is NCc1ccc(-n2cc(Cl)cn2)c(F)c1. The van der Waals surface area contributed by atoms with Crippen molar-refractivity contribution in [3.05, 3.63) is 47.0 Å². The number of hydrogen-bond acceptors (Lipinski definition) is 2. The van der Waals surface area contributed by atoms with E-state index in [1.54, 1.807) is 18.3 Å². The molecule has 1 heterocycles. The Morgan fingerprint density at radius 2 is 2.27 bits per heavy atom.